The molecule has 0 spiro atoms. The first kappa shape index (κ1) is 14.2. The van der Waals surface area contributed by atoms with Crippen molar-refractivity contribution in [3.05, 3.63) is 35.9 Å². The molecule has 1 rings (SSSR count). The van der Waals surface area contributed by atoms with Crippen molar-refractivity contribution in [2.75, 3.05) is 0 Å². The summed E-state index contributed by atoms with van der Waals surface area (Å²) < 4.78 is 0. The highest BCUT2D eigenvalue weighted by Crippen LogP contribution is 2.05. The van der Waals surface area contributed by atoms with Crippen LogP contribution in [0.4, 0.5) is 0 Å². The number of benzene rings is 1. The van der Waals surface area contributed by atoms with E-state index in [1.54, 1.807) is 13.8 Å². The molecule has 0 aliphatic heterocycles. The summed E-state index contributed by atoms with van der Waals surface area (Å²) in [6.45, 7) is 3.09. The Morgan fingerprint density at radius 1 is 1.28 bits per heavy atom. The lowest BCUT2D eigenvalue weighted by Crippen LogP contribution is -2.57. The molecule has 5 N–H and O–H groups in total. The van der Waals surface area contributed by atoms with E-state index in [0.717, 1.165) is 5.56 Å². The van der Waals surface area contributed by atoms with Crippen LogP contribution in [-0.2, 0) is 16.0 Å². The molecule has 5 nitrogen and oxygen atoms in total. The number of nitrogens with one attached hydrogen (secondary N) is 1. The molecular weight excluding hydrogens is 230 g/mol. The molecule has 2 amide bonds. The van der Waals surface area contributed by atoms with Gasteiger partial charge in [-0.05, 0) is 25.8 Å². The van der Waals surface area contributed by atoms with Crippen molar-refractivity contribution in [3.63, 3.8) is 0 Å². The van der Waals surface area contributed by atoms with Crippen molar-refractivity contribution in [3.8, 4) is 0 Å². The maximum atomic E-state index is 11.8. The van der Waals surface area contributed by atoms with E-state index in [1.807, 2.05) is 30.3 Å². The maximum absolute atomic E-state index is 11.8. The molecule has 0 aromatic heterocycles. The van der Waals surface area contributed by atoms with Crippen LogP contribution in [0.5, 0.6) is 0 Å². The third-order valence-corrected chi connectivity index (χ3v) is 2.69. The molecule has 1 aromatic rings. The highest BCUT2D eigenvalue weighted by atomic mass is 16.2. The minimum absolute atomic E-state index is 0.386. The number of nitrogens with two attached hydrogens (primary N) is 2. The zero-order chi connectivity index (χ0) is 13.8. The first-order valence-electron chi connectivity index (χ1n) is 5.74. The summed E-state index contributed by atoms with van der Waals surface area (Å²) in [6, 6.07) is 8.75. The van der Waals surface area contributed by atoms with Crippen LogP contribution >= 0.6 is 0 Å². The van der Waals surface area contributed by atoms with E-state index in [0.29, 0.717) is 6.42 Å². The lowest BCUT2D eigenvalue weighted by atomic mass is 10.0. The molecule has 0 heterocycles. The Labute approximate surface area is 107 Å². The number of hydrogen-bond donors (Lipinski definition) is 3. The molecule has 18 heavy (non-hydrogen) atoms. The zero-order valence-electron chi connectivity index (χ0n) is 10.6. The van der Waals surface area contributed by atoms with Gasteiger partial charge in [0, 0.05) is 0 Å². The Bertz CT molecular complexity index is 429. The fraction of sp³-hybridized carbons (Fsp3) is 0.385. The minimum Gasteiger partial charge on any atom is -0.368 e. The quantitative estimate of drug-likeness (QED) is 0.681. The standard InChI is InChI=1S/C13H19N3O2/c1-13(2,12(15)18)16-11(17)10(14)8-9-6-4-3-5-7-9/h3-7,10H,8,14H2,1-2H3,(H2,15,18)(H,16,17). The van der Waals surface area contributed by atoms with Crippen molar-refractivity contribution >= 4 is 11.8 Å². The van der Waals surface area contributed by atoms with Gasteiger partial charge in [0.25, 0.3) is 0 Å². The normalized spacial score (nSPS) is 12.8. The van der Waals surface area contributed by atoms with Gasteiger partial charge < -0.3 is 16.8 Å². The third-order valence-electron chi connectivity index (χ3n) is 2.69. The smallest absolute Gasteiger partial charge is 0.242 e. The van der Waals surface area contributed by atoms with Crippen molar-refractivity contribution in [1.82, 2.24) is 5.32 Å². The lowest BCUT2D eigenvalue weighted by Gasteiger charge is -2.24. The summed E-state index contributed by atoms with van der Waals surface area (Å²) in [7, 11) is 0. The Morgan fingerprint density at radius 3 is 2.33 bits per heavy atom. The summed E-state index contributed by atoms with van der Waals surface area (Å²) in [5, 5.41) is 2.54. The molecule has 1 aromatic carbocycles. The highest BCUT2D eigenvalue weighted by molar-refractivity contribution is 5.91. The molecule has 0 aliphatic rings. The maximum Gasteiger partial charge on any atom is 0.242 e. The van der Waals surface area contributed by atoms with E-state index in [1.165, 1.54) is 0 Å². The van der Waals surface area contributed by atoms with Gasteiger partial charge in [0.15, 0.2) is 0 Å². The van der Waals surface area contributed by atoms with Gasteiger partial charge in [0.1, 0.15) is 5.54 Å². The van der Waals surface area contributed by atoms with Gasteiger partial charge in [-0.2, -0.15) is 0 Å². The van der Waals surface area contributed by atoms with Crippen LogP contribution in [-0.4, -0.2) is 23.4 Å². The molecule has 0 bridgehead atoms. The molecule has 5 heteroatoms. The van der Waals surface area contributed by atoms with Crippen molar-refractivity contribution in [2.24, 2.45) is 11.5 Å². The Morgan fingerprint density at radius 2 is 1.83 bits per heavy atom. The first-order valence-corrected chi connectivity index (χ1v) is 5.74. The van der Waals surface area contributed by atoms with E-state index >= 15 is 0 Å². The molecule has 0 radical (unpaired) electrons. The van der Waals surface area contributed by atoms with E-state index in [4.69, 9.17) is 11.5 Å². The van der Waals surface area contributed by atoms with Crippen LogP contribution < -0.4 is 16.8 Å². The van der Waals surface area contributed by atoms with Gasteiger partial charge in [-0.15, -0.1) is 0 Å². The second-order valence-electron chi connectivity index (χ2n) is 4.77. The van der Waals surface area contributed by atoms with Crippen molar-refractivity contribution < 1.29 is 9.59 Å². The summed E-state index contributed by atoms with van der Waals surface area (Å²) in [4.78, 5) is 22.9. The number of hydrogen-bond acceptors (Lipinski definition) is 3. The summed E-state index contributed by atoms with van der Waals surface area (Å²) in [6.07, 6.45) is 0.418. The van der Waals surface area contributed by atoms with Gasteiger partial charge in [0.2, 0.25) is 11.8 Å². The molecule has 0 saturated heterocycles. The van der Waals surface area contributed by atoms with Gasteiger partial charge in [-0.3, -0.25) is 9.59 Å². The minimum atomic E-state index is -1.09. The van der Waals surface area contributed by atoms with Crippen LogP contribution in [0, 0.1) is 0 Å². The average molecular weight is 249 g/mol. The summed E-state index contributed by atoms with van der Waals surface area (Å²) >= 11 is 0. The second-order valence-corrected chi connectivity index (χ2v) is 4.77. The van der Waals surface area contributed by atoms with Crippen molar-refractivity contribution in [1.29, 1.82) is 0 Å². The van der Waals surface area contributed by atoms with Crippen LogP contribution in [0.3, 0.4) is 0 Å². The topological polar surface area (TPSA) is 98.2 Å². The number of amides is 2. The largest absolute Gasteiger partial charge is 0.368 e. The SMILES string of the molecule is CC(C)(NC(=O)C(N)Cc1ccccc1)C(N)=O. The van der Waals surface area contributed by atoms with Crippen LogP contribution in [0.25, 0.3) is 0 Å². The highest BCUT2D eigenvalue weighted by Gasteiger charge is 2.28. The van der Waals surface area contributed by atoms with Gasteiger partial charge in [-0.25, -0.2) is 0 Å². The molecule has 0 saturated carbocycles. The Hall–Kier alpha value is -1.88. The third kappa shape index (κ3) is 3.85. The number of rotatable bonds is 5. The van der Waals surface area contributed by atoms with Gasteiger partial charge in [-0.1, -0.05) is 30.3 Å². The number of primary amides is 1. The molecule has 98 valence electrons. The fourth-order valence-corrected chi connectivity index (χ4v) is 1.42. The Kier molecular flexibility index (Phi) is 4.44. The molecule has 0 aliphatic carbocycles. The number of carbonyl (C=O) groups excluding carboxylic acids is 2. The van der Waals surface area contributed by atoms with E-state index in [9.17, 15) is 9.59 Å². The molecule has 1 unspecified atom stereocenters. The predicted molar refractivity (Wildman–Crippen MR) is 69.5 cm³/mol. The first-order chi connectivity index (χ1) is 8.33. The van der Waals surface area contributed by atoms with Crippen LogP contribution in [0.2, 0.25) is 0 Å². The van der Waals surface area contributed by atoms with Gasteiger partial charge in [0.05, 0.1) is 6.04 Å². The fourth-order valence-electron chi connectivity index (χ4n) is 1.42. The van der Waals surface area contributed by atoms with E-state index < -0.39 is 17.5 Å². The summed E-state index contributed by atoms with van der Waals surface area (Å²) in [5.41, 5.74) is 10.8. The zero-order valence-corrected chi connectivity index (χ0v) is 10.6. The molecule has 1 atom stereocenters. The van der Waals surface area contributed by atoms with Crippen LogP contribution in [0.15, 0.2) is 30.3 Å². The molecule has 0 fully saturated rings. The monoisotopic (exact) mass is 249 g/mol. The average Bonchev–Trinajstić information content (AvgIpc) is 2.29. The molecular formula is C13H19N3O2. The van der Waals surface area contributed by atoms with E-state index in [-0.39, 0.29) is 5.91 Å². The Balaban J connectivity index is 2.60. The summed E-state index contributed by atoms with van der Waals surface area (Å²) in [5.74, 6) is -0.981. The van der Waals surface area contributed by atoms with Gasteiger partial charge >= 0.3 is 0 Å². The van der Waals surface area contributed by atoms with Crippen LogP contribution in [0.1, 0.15) is 19.4 Å². The second kappa shape index (κ2) is 5.64. The van der Waals surface area contributed by atoms with Crippen molar-refractivity contribution in [2.45, 2.75) is 31.8 Å². The lowest BCUT2D eigenvalue weighted by molar-refractivity contribution is -0.131. The predicted octanol–water partition coefficient (Wildman–Crippen LogP) is -0.0635. The number of carbonyl (C=O) groups is 2. The van der Waals surface area contributed by atoms with E-state index in [2.05, 4.69) is 5.32 Å².